The first-order valence-electron chi connectivity index (χ1n) is 11.3. The molecular weight excluding hydrogens is 447 g/mol. The molecule has 5 rings (SSSR count). The van der Waals surface area contributed by atoms with Crippen molar-refractivity contribution < 1.29 is 23.8 Å². The molecule has 0 spiro atoms. The fourth-order valence-corrected chi connectivity index (χ4v) is 4.63. The molecule has 1 atom stereocenters. The molecule has 1 unspecified atom stereocenters. The number of ether oxygens (including phenoxy) is 1. The highest BCUT2D eigenvalue weighted by atomic mass is 19.1. The molecule has 1 aliphatic carbocycles. The zero-order valence-electron chi connectivity index (χ0n) is 18.7. The molecule has 1 aromatic heterocycles. The van der Waals surface area contributed by atoms with Crippen LogP contribution in [0, 0.1) is 5.82 Å². The molecule has 6 nitrogen and oxygen atoms in total. The molecule has 0 radical (unpaired) electrons. The summed E-state index contributed by atoms with van der Waals surface area (Å²) in [7, 11) is 0. The molecule has 1 amide bonds. The van der Waals surface area contributed by atoms with E-state index in [2.05, 4.69) is 5.32 Å². The van der Waals surface area contributed by atoms with Crippen molar-refractivity contribution in [3.05, 3.63) is 114 Å². The molecule has 0 aliphatic heterocycles. The Hall–Kier alpha value is -4.39. The number of benzene rings is 3. The summed E-state index contributed by atoms with van der Waals surface area (Å²) in [6.45, 7) is 0.0954. The lowest BCUT2D eigenvalue weighted by Crippen LogP contribution is -2.43. The molecule has 0 fully saturated rings. The van der Waals surface area contributed by atoms with Crippen LogP contribution in [0.2, 0.25) is 0 Å². The van der Waals surface area contributed by atoms with Gasteiger partial charge in [-0.3, -0.25) is 0 Å². The second-order valence-electron chi connectivity index (χ2n) is 8.41. The van der Waals surface area contributed by atoms with E-state index in [0.29, 0.717) is 11.4 Å². The number of hydrogen-bond donors (Lipinski definition) is 2. The predicted molar refractivity (Wildman–Crippen MR) is 129 cm³/mol. The molecule has 0 saturated carbocycles. The third kappa shape index (κ3) is 4.53. The van der Waals surface area contributed by atoms with Gasteiger partial charge in [0, 0.05) is 29.9 Å². The summed E-state index contributed by atoms with van der Waals surface area (Å²) < 4.78 is 20.6. The molecular formula is C28H23FN2O4. The summed E-state index contributed by atoms with van der Waals surface area (Å²) in [5.74, 6) is -1.65. The van der Waals surface area contributed by atoms with E-state index in [0.717, 1.165) is 22.3 Å². The summed E-state index contributed by atoms with van der Waals surface area (Å²) in [6.07, 6.45) is 0.998. The summed E-state index contributed by atoms with van der Waals surface area (Å²) in [4.78, 5) is 24.5. The van der Waals surface area contributed by atoms with Gasteiger partial charge in [0.25, 0.3) is 0 Å². The number of aliphatic carboxylic acids is 1. The topological polar surface area (TPSA) is 80.6 Å². The van der Waals surface area contributed by atoms with Crippen LogP contribution in [-0.2, 0) is 16.0 Å². The number of hydrogen-bond acceptors (Lipinski definition) is 3. The van der Waals surface area contributed by atoms with Gasteiger partial charge in [-0.1, -0.05) is 48.5 Å². The average Bonchev–Trinajstić information content (AvgIpc) is 3.45. The minimum absolute atomic E-state index is 0.0317. The van der Waals surface area contributed by atoms with E-state index >= 15 is 0 Å². The summed E-state index contributed by atoms with van der Waals surface area (Å²) >= 11 is 0. The Morgan fingerprint density at radius 1 is 0.914 bits per heavy atom. The predicted octanol–water partition coefficient (Wildman–Crippen LogP) is 5.15. The molecule has 4 aromatic rings. The number of carbonyl (C=O) groups excluding carboxylic acids is 1. The van der Waals surface area contributed by atoms with E-state index < -0.39 is 18.1 Å². The van der Waals surface area contributed by atoms with Gasteiger partial charge in [-0.15, -0.1) is 0 Å². The smallest absolute Gasteiger partial charge is 0.407 e. The van der Waals surface area contributed by atoms with Crippen LogP contribution in [0.25, 0.3) is 16.8 Å². The Morgan fingerprint density at radius 3 is 2.17 bits per heavy atom. The number of carboxylic acids is 1. The number of halogens is 1. The lowest BCUT2D eigenvalue weighted by atomic mass is 9.98. The van der Waals surface area contributed by atoms with Crippen molar-refractivity contribution in [3.63, 3.8) is 0 Å². The molecule has 176 valence electrons. The van der Waals surface area contributed by atoms with Crippen LogP contribution < -0.4 is 5.32 Å². The van der Waals surface area contributed by atoms with Crippen LogP contribution in [0.5, 0.6) is 0 Å². The van der Waals surface area contributed by atoms with Gasteiger partial charge in [-0.25, -0.2) is 14.0 Å². The van der Waals surface area contributed by atoms with Gasteiger partial charge in [-0.2, -0.15) is 0 Å². The average molecular weight is 471 g/mol. The van der Waals surface area contributed by atoms with Gasteiger partial charge >= 0.3 is 12.1 Å². The van der Waals surface area contributed by atoms with E-state index in [1.54, 1.807) is 35.0 Å². The second kappa shape index (κ2) is 9.46. The first-order chi connectivity index (χ1) is 17.0. The highest BCUT2D eigenvalue weighted by Gasteiger charge is 2.30. The quantitative estimate of drug-likeness (QED) is 0.391. The van der Waals surface area contributed by atoms with Crippen LogP contribution in [0.1, 0.15) is 22.7 Å². The minimum Gasteiger partial charge on any atom is -0.480 e. The van der Waals surface area contributed by atoms with Crippen LogP contribution in [0.3, 0.4) is 0 Å². The molecule has 7 heteroatoms. The van der Waals surface area contributed by atoms with Gasteiger partial charge in [0.05, 0.1) is 0 Å². The van der Waals surface area contributed by atoms with Crippen molar-refractivity contribution in [1.29, 1.82) is 0 Å². The number of fused-ring (bicyclic) bond motifs is 3. The lowest BCUT2D eigenvalue weighted by molar-refractivity contribution is -0.139. The fourth-order valence-electron chi connectivity index (χ4n) is 4.63. The summed E-state index contributed by atoms with van der Waals surface area (Å²) in [5.41, 5.74) is 5.73. The minimum atomic E-state index is -1.19. The summed E-state index contributed by atoms with van der Waals surface area (Å²) in [6, 6.07) is 24.2. The van der Waals surface area contributed by atoms with Crippen molar-refractivity contribution in [3.8, 4) is 16.8 Å². The Labute approximate surface area is 201 Å². The number of nitrogens with zero attached hydrogens (tertiary/aromatic N) is 1. The van der Waals surface area contributed by atoms with Crippen molar-refractivity contribution in [1.82, 2.24) is 9.88 Å². The second-order valence-corrected chi connectivity index (χ2v) is 8.41. The molecule has 0 bridgehead atoms. The maximum atomic E-state index is 13.3. The van der Waals surface area contributed by atoms with Gasteiger partial charge in [0.2, 0.25) is 0 Å². The van der Waals surface area contributed by atoms with Crippen LogP contribution in [-0.4, -0.2) is 34.4 Å². The number of amides is 1. The highest BCUT2D eigenvalue weighted by molar-refractivity contribution is 5.81. The lowest BCUT2D eigenvalue weighted by Gasteiger charge is -2.18. The maximum Gasteiger partial charge on any atom is 0.407 e. The molecule has 2 N–H and O–H groups in total. The monoisotopic (exact) mass is 470 g/mol. The van der Waals surface area contributed by atoms with Gasteiger partial charge in [-0.05, 0) is 58.7 Å². The third-order valence-electron chi connectivity index (χ3n) is 6.29. The van der Waals surface area contributed by atoms with E-state index in [9.17, 15) is 19.1 Å². The van der Waals surface area contributed by atoms with Gasteiger partial charge in [0.1, 0.15) is 18.5 Å². The zero-order chi connectivity index (χ0) is 24.4. The van der Waals surface area contributed by atoms with E-state index in [-0.39, 0.29) is 24.8 Å². The third-order valence-corrected chi connectivity index (χ3v) is 6.29. The molecule has 1 aliphatic rings. The van der Waals surface area contributed by atoms with E-state index in [4.69, 9.17) is 4.74 Å². The number of rotatable bonds is 7. The van der Waals surface area contributed by atoms with Crippen LogP contribution in [0.15, 0.2) is 91.1 Å². The molecule has 0 saturated heterocycles. The Kier molecular flexibility index (Phi) is 6.06. The van der Waals surface area contributed by atoms with Gasteiger partial charge in [0.15, 0.2) is 0 Å². The van der Waals surface area contributed by atoms with Crippen LogP contribution >= 0.6 is 0 Å². The largest absolute Gasteiger partial charge is 0.480 e. The van der Waals surface area contributed by atoms with Crippen LogP contribution in [0.4, 0.5) is 9.18 Å². The molecule has 1 heterocycles. The number of nitrogens with one attached hydrogen (secondary N) is 1. The normalized spacial score (nSPS) is 13.1. The zero-order valence-corrected chi connectivity index (χ0v) is 18.7. The fraction of sp³-hybridized carbons (Fsp3) is 0.143. The first-order valence-corrected chi connectivity index (χ1v) is 11.3. The summed E-state index contributed by atoms with van der Waals surface area (Å²) in [5, 5.41) is 12.2. The standard InChI is InChI=1S/C28H23FN2O4/c29-18-11-13-19(14-12-18)31-15-5-6-20(31)16-26(27(32)33)30-28(34)35-17-25-23-9-3-1-7-21(23)22-8-2-4-10-24(22)25/h1-15,25-26H,16-17H2,(H,30,34)(H,32,33). The van der Waals surface area contributed by atoms with Crippen molar-refractivity contribution in [2.75, 3.05) is 6.61 Å². The molecule has 35 heavy (non-hydrogen) atoms. The highest BCUT2D eigenvalue weighted by Crippen LogP contribution is 2.44. The number of carbonyl (C=O) groups is 2. The van der Waals surface area contributed by atoms with Crippen molar-refractivity contribution in [2.45, 2.75) is 18.4 Å². The first kappa shape index (κ1) is 22.4. The Balaban J connectivity index is 1.27. The van der Waals surface area contributed by atoms with Gasteiger partial charge < -0.3 is 19.7 Å². The SMILES string of the molecule is O=C(NC(Cc1cccn1-c1ccc(F)cc1)C(=O)O)OCC1c2ccccc2-c2ccccc21. The Morgan fingerprint density at radius 2 is 1.54 bits per heavy atom. The van der Waals surface area contributed by atoms with E-state index in [1.807, 2.05) is 48.5 Å². The number of carboxylic acid groups (broad SMARTS) is 1. The Bertz CT molecular complexity index is 1330. The van der Waals surface area contributed by atoms with Crippen molar-refractivity contribution >= 4 is 12.1 Å². The van der Waals surface area contributed by atoms with Crippen molar-refractivity contribution in [2.24, 2.45) is 0 Å². The molecule has 3 aromatic carbocycles. The van der Waals surface area contributed by atoms with E-state index in [1.165, 1.54) is 12.1 Å². The maximum absolute atomic E-state index is 13.3. The number of aromatic nitrogens is 1. The number of alkyl carbamates (subject to hydrolysis) is 1.